The van der Waals surface area contributed by atoms with E-state index < -0.39 is 42.7 Å². The molecule has 3 aromatic rings. The highest BCUT2D eigenvalue weighted by Gasteiger charge is 2.45. The van der Waals surface area contributed by atoms with Crippen LogP contribution in [0.15, 0.2) is 39.5 Å². The third-order valence-corrected chi connectivity index (χ3v) is 5.85. The zero-order chi connectivity index (χ0) is 26.1. The maximum absolute atomic E-state index is 12.7. The minimum Gasteiger partial charge on any atom is -0.507 e. The minimum atomic E-state index is -1.65. The first kappa shape index (κ1) is 25.5. The molecule has 0 amide bonds. The summed E-state index contributed by atoms with van der Waals surface area (Å²) in [5, 5.41) is 50.0. The summed E-state index contributed by atoms with van der Waals surface area (Å²) in [6.07, 6.45) is -7.51. The van der Waals surface area contributed by atoms with Gasteiger partial charge in [0, 0.05) is 23.8 Å². The van der Waals surface area contributed by atoms with Gasteiger partial charge >= 0.3 is 0 Å². The molecule has 1 saturated heterocycles. The molecule has 4 rings (SSSR count). The van der Waals surface area contributed by atoms with Crippen molar-refractivity contribution in [1.29, 1.82) is 0 Å². The number of fused-ring (bicyclic) bond motifs is 1. The summed E-state index contributed by atoms with van der Waals surface area (Å²) in [5.74, 6) is 0.295. The summed E-state index contributed by atoms with van der Waals surface area (Å²) in [6.45, 7) is -0.626. The lowest BCUT2D eigenvalue weighted by atomic mass is 9.99. The van der Waals surface area contributed by atoms with Crippen LogP contribution in [0.1, 0.15) is 0 Å². The number of benzene rings is 2. The minimum absolute atomic E-state index is 0.0129. The molecule has 5 N–H and O–H groups in total. The maximum Gasteiger partial charge on any atom is 0.229 e. The SMILES string of the molecule is COc1cc(O)c2c(=O)cc(-c3cc(OC)c(O[C@H]4O[C@@H](CO)[C@H](O)[C@@H](O)[C@@H]4O)c(OC)c3)oc2c1. The van der Waals surface area contributed by atoms with E-state index in [0.717, 1.165) is 0 Å². The normalized spacial score (nSPS) is 23.9. The van der Waals surface area contributed by atoms with E-state index in [-0.39, 0.29) is 39.7 Å². The Hall–Kier alpha value is -3.55. The molecule has 5 atom stereocenters. The lowest BCUT2D eigenvalue weighted by Gasteiger charge is -2.39. The summed E-state index contributed by atoms with van der Waals surface area (Å²) in [7, 11) is 4.10. The smallest absolute Gasteiger partial charge is 0.229 e. The zero-order valence-corrected chi connectivity index (χ0v) is 19.6. The largest absolute Gasteiger partial charge is 0.507 e. The highest BCUT2D eigenvalue weighted by molar-refractivity contribution is 5.86. The van der Waals surface area contributed by atoms with Gasteiger partial charge in [0.25, 0.3) is 0 Å². The van der Waals surface area contributed by atoms with Crippen molar-refractivity contribution >= 4 is 11.0 Å². The fourth-order valence-electron chi connectivity index (χ4n) is 3.92. The molecule has 1 fully saturated rings. The first-order valence-corrected chi connectivity index (χ1v) is 10.8. The second-order valence-electron chi connectivity index (χ2n) is 8.02. The number of methoxy groups -OCH3 is 3. The van der Waals surface area contributed by atoms with Gasteiger partial charge in [0.05, 0.1) is 27.9 Å². The number of phenols is 1. The Morgan fingerprint density at radius 2 is 1.56 bits per heavy atom. The summed E-state index contributed by atoms with van der Waals surface area (Å²) >= 11 is 0. The van der Waals surface area contributed by atoms with Crippen LogP contribution in [0.2, 0.25) is 0 Å². The molecule has 0 saturated carbocycles. The molecule has 12 nitrogen and oxygen atoms in total. The molecule has 36 heavy (non-hydrogen) atoms. The Kier molecular flexibility index (Phi) is 7.24. The Bertz CT molecular complexity index is 1280. The Morgan fingerprint density at radius 1 is 0.889 bits per heavy atom. The van der Waals surface area contributed by atoms with E-state index >= 15 is 0 Å². The van der Waals surface area contributed by atoms with Crippen LogP contribution in [-0.2, 0) is 4.74 Å². The molecule has 0 unspecified atom stereocenters. The molecule has 2 aromatic carbocycles. The molecule has 1 aliphatic rings. The Labute approximate surface area is 204 Å². The van der Waals surface area contributed by atoms with E-state index in [1.54, 1.807) is 0 Å². The van der Waals surface area contributed by atoms with Gasteiger partial charge in [-0.15, -0.1) is 0 Å². The molecule has 2 heterocycles. The first-order chi connectivity index (χ1) is 17.2. The fraction of sp³-hybridized carbons (Fsp3) is 0.375. The van der Waals surface area contributed by atoms with Crippen molar-refractivity contribution in [2.24, 2.45) is 0 Å². The molecular formula is C24H26O12. The second kappa shape index (κ2) is 10.2. The van der Waals surface area contributed by atoms with Crippen LogP contribution >= 0.6 is 0 Å². The average molecular weight is 506 g/mol. The predicted molar refractivity (Wildman–Crippen MR) is 124 cm³/mol. The third kappa shape index (κ3) is 4.52. The third-order valence-electron chi connectivity index (χ3n) is 5.85. The van der Waals surface area contributed by atoms with E-state index in [1.165, 1.54) is 51.7 Å². The molecular weight excluding hydrogens is 480 g/mol. The Balaban J connectivity index is 1.77. The van der Waals surface area contributed by atoms with Gasteiger partial charge in [-0.2, -0.15) is 0 Å². The zero-order valence-electron chi connectivity index (χ0n) is 19.6. The number of hydrogen-bond donors (Lipinski definition) is 5. The lowest BCUT2D eigenvalue weighted by Crippen LogP contribution is -2.60. The van der Waals surface area contributed by atoms with E-state index in [0.29, 0.717) is 11.3 Å². The highest BCUT2D eigenvalue weighted by Crippen LogP contribution is 2.43. The number of ether oxygens (including phenoxy) is 5. The quantitative estimate of drug-likeness (QED) is 0.298. The number of phenolic OH excluding ortho intramolecular Hbond substituents is 1. The van der Waals surface area contributed by atoms with Crippen molar-refractivity contribution in [3.63, 3.8) is 0 Å². The van der Waals surface area contributed by atoms with Gasteiger partial charge in [-0.1, -0.05) is 0 Å². The molecule has 0 bridgehead atoms. The topological polar surface area (TPSA) is 178 Å². The van der Waals surface area contributed by atoms with E-state index in [2.05, 4.69) is 0 Å². The summed E-state index contributed by atoms with van der Waals surface area (Å²) < 4.78 is 33.0. The summed E-state index contributed by atoms with van der Waals surface area (Å²) in [4.78, 5) is 12.7. The van der Waals surface area contributed by atoms with Crippen LogP contribution in [0.4, 0.5) is 0 Å². The van der Waals surface area contributed by atoms with Gasteiger partial charge in [0.1, 0.15) is 52.6 Å². The van der Waals surface area contributed by atoms with Crippen molar-refractivity contribution in [3.8, 4) is 40.1 Å². The van der Waals surface area contributed by atoms with Gasteiger partial charge in [-0.3, -0.25) is 4.79 Å². The van der Waals surface area contributed by atoms with Gasteiger partial charge in [-0.25, -0.2) is 0 Å². The number of aromatic hydroxyl groups is 1. The first-order valence-electron chi connectivity index (χ1n) is 10.8. The van der Waals surface area contributed by atoms with Crippen LogP contribution in [0.5, 0.6) is 28.7 Å². The number of aliphatic hydroxyl groups is 4. The monoisotopic (exact) mass is 506 g/mol. The summed E-state index contributed by atoms with van der Waals surface area (Å²) in [5.41, 5.74) is -0.0499. The van der Waals surface area contributed by atoms with Crippen molar-refractivity contribution in [3.05, 3.63) is 40.6 Å². The van der Waals surface area contributed by atoms with Crippen LogP contribution in [-0.4, -0.2) is 84.2 Å². The van der Waals surface area contributed by atoms with Crippen LogP contribution in [0.3, 0.4) is 0 Å². The molecule has 1 aliphatic heterocycles. The Morgan fingerprint density at radius 3 is 2.14 bits per heavy atom. The number of hydrogen-bond acceptors (Lipinski definition) is 12. The van der Waals surface area contributed by atoms with Crippen molar-refractivity contribution in [1.82, 2.24) is 0 Å². The van der Waals surface area contributed by atoms with Crippen molar-refractivity contribution in [2.45, 2.75) is 30.7 Å². The lowest BCUT2D eigenvalue weighted by molar-refractivity contribution is -0.277. The predicted octanol–water partition coefficient (Wildman–Crippen LogP) is 0.370. The molecule has 194 valence electrons. The number of rotatable bonds is 7. The standard InChI is InChI=1S/C24H26O12/c1-31-11-6-12(26)19-13(27)8-14(34-15(19)7-11)10-4-16(32-2)23(17(5-10)33-3)36-24-22(30)21(29)20(28)18(9-25)35-24/h4-8,18,20-22,24-26,28-30H,9H2,1-3H3/t18-,20-,21+,22-,24+/m0/s1. The van der Waals surface area contributed by atoms with Crippen molar-refractivity contribution < 1.29 is 53.6 Å². The molecule has 1 aromatic heterocycles. The molecule has 12 heteroatoms. The average Bonchev–Trinajstić information content (AvgIpc) is 2.88. The maximum atomic E-state index is 12.7. The second-order valence-corrected chi connectivity index (χ2v) is 8.02. The van der Waals surface area contributed by atoms with Gasteiger partial charge in [0.2, 0.25) is 12.0 Å². The molecule has 0 aliphatic carbocycles. The molecule has 0 radical (unpaired) electrons. The van der Waals surface area contributed by atoms with Gasteiger partial charge < -0.3 is 53.6 Å². The van der Waals surface area contributed by atoms with E-state index in [9.17, 15) is 30.3 Å². The fourth-order valence-corrected chi connectivity index (χ4v) is 3.92. The van der Waals surface area contributed by atoms with Crippen molar-refractivity contribution in [2.75, 3.05) is 27.9 Å². The van der Waals surface area contributed by atoms with E-state index in [1.807, 2.05) is 0 Å². The highest BCUT2D eigenvalue weighted by atomic mass is 16.7. The van der Waals surface area contributed by atoms with Crippen LogP contribution in [0.25, 0.3) is 22.3 Å². The van der Waals surface area contributed by atoms with Crippen LogP contribution in [0, 0.1) is 0 Å². The van der Waals surface area contributed by atoms with E-state index in [4.69, 9.17) is 28.1 Å². The summed E-state index contributed by atoms with van der Waals surface area (Å²) in [6, 6.07) is 6.92. The number of aliphatic hydroxyl groups excluding tert-OH is 4. The van der Waals surface area contributed by atoms with Crippen LogP contribution < -0.4 is 24.4 Å². The van der Waals surface area contributed by atoms with Gasteiger partial charge in [0.15, 0.2) is 16.9 Å². The van der Waals surface area contributed by atoms with Gasteiger partial charge in [-0.05, 0) is 12.1 Å². The molecule has 0 spiro atoms.